The molecule has 1 fully saturated rings. The van der Waals surface area contributed by atoms with Crippen molar-refractivity contribution >= 4 is 41.7 Å². The molecule has 0 spiro atoms. The highest BCUT2D eigenvalue weighted by Crippen LogP contribution is 2.28. The van der Waals surface area contributed by atoms with Crippen LogP contribution in [0.4, 0.5) is 0 Å². The lowest BCUT2D eigenvalue weighted by Gasteiger charge is -2.17. The zero-order valence-corrected chi connectivity index (χ0v) is 19.4. The maximum atomic E-state index is 4.86. The van der Waals surface area contributed by atoms with Gasteiger partial charge < -0.3 is 10.6 Å². The maximum absolute atomic E-state index is 4.86. The molecule has 1 aromatic heterocycles. The van der Waals surface area contributed by atoms with E-state index in [0.717, 1.165) is 30.6 Å². The lowest BCUT2D eigenvalue weighted by molar-refractivity contribution is 0.615. The van der Waals surface area contributed by atoms with Gasteiger partial charge in [0.05, 0.1) is 12.2 Å². The van der Waals surface area contributed by atoms with Crippen LogP contribution in [0, 0.1) is 0 Å². The molecule has 2 N–H and O–H groups in total. The lowest BCUT2D eigenvalue weighted by Crippen LogP contribution is -2.42. The molecule has 25 heavy (non-hydrogen) atoms. The van der Waals surface area contributed by atoms with Gasteiger partial charge >= 0.3 is 0 Å². The first-order valence-corrected chi connectivity index (χ1v) is 10.5. The van der Waals surface area contributed by atoms with Crippen LogP contribution >= 0.6 is 35.7 Å². The zero-order chi connectivity index (χ0) is 17.5. The monoisotopic (exact) mass is 479 g/mol. The van der Waals surface area contributed by atoms with Crippen LogP contribution in [0.25, 0.3) is 0 Å². The van der Waals surface area contributed by atoms with E-state index in [0.29, 0.717) is 12.6 Å². The Kier molecular flexibility index (Phi) is 10.2. The maximum Gasteiger partial charge on any atom is 0.191 e. The van der Waals surface area contributed by atoms with Crippen LogP contribution in [0.3, 0.4) is 0 Å². The third-order valence-electron chi connectivity index (χ3n) is 4.83. The summed E-state index contributed by atoms with van der Waals surface area (Å²) < 4.78 is 2.02. The fourth-order valence-corrected chi connectivity index (χ4v) is 4.33. The Bertz CT molecular complexity index is 558. The van der Waals surface area contributed by atoms with Gasteiger partial charge in [-0.05, 0) is 45.3 Å². The number of nitrogens with one attached hydrogen (secondary N) is 2. The van der Waals surface area contributed by atoms with Crippen LogP contribution in [0.1, 0.15) is 57.0 Å². The summed E-state index contributed by atoms with van der Waals surface area (Å²) in [6.45, 7) is 8.07. The minimum atomic E-state index is 0. The molecule has 144 valence electrons. The van der Waals surface area contributed by atoms with Crippen LogP contribution in [0.5, 0.6) is 0 Å². The molecule has 2 atom stereocenters. The molecule has 0 aromatic carbocycles. The van der Waals surface area contributed by atoms with E-state index in [1.54, 1.807) is 0 Å². The van der Waals surface area contributed by atoms with Gasteiger partial charge in [-0.1, -0.05) is 13.8 Å². The Morgan fingerprint density at radius 3 is 2.60 bits per heavy atom. The standard InChI is InChI=1S/C18H33N5S.HI/c1-6-16-15(17(7-2)23(4)22-16)12-20-18(19-8-3)21-13-9-10-14(11-13)24-5;/h13-14H,6-12H2,1-5H3,(H2,19,20,21);1H. The first kappa shape index (κ1) is 22.6. The fourth-order valence-electron chi connectivity index (χ4n) is 3.53. The number of halogens is 1. The topological polar surface area (TPSA) is 54.2 Å². The summed E-state index contributed by atoms with van der Waals surface area (Å²) in [5.41, 5.74) is 3.78. The highest BCUT2D eigenvalue weighted by atomic mass is 127. The van der Waals surface area contributed by atoms with Crippen LogP contribution in [-0.4, -0.2) is 39.8 Å². The molecule has 5 nitrogen and oxygen atoms in total. The van der Waals surface area contributed by atoms with Crippen LogP contribution < -0.4 is 10.6 Å². The summed E-state index contributed by atoms with van der Waals surface area (Å²) in [4.78, 5) is 4.86. The third-order valence-corrected chi connectivity index (χ3v) is 5.92. The number of aryl methyl sites for hydroxylation is 2. The second kappa shape index (κ2) is 11.3. The van der Waals surface area contributed by atoms with Crippen LogP contribution in [-0.2, 0) is 26.4 Å². The highest BCUT2D eigenvalue weighted by Gasteiger charge is 2.24. The Morgan fingerprint density at radius 1 is 1.28 bits per heavy atom. The van der Waals surface area contributed by atoms with Crippen molar-refractivity contribution in [3.8, 4) is 0 Å². The Morgan fingerprint density at radius 2 is 2.04 bits per heavy atom. The van der Waals surface area contributed by atoms with Crippen LogP contribution in [0.2, 0.25) is 0 Å². The van der Waals surface area contributed by atoms with Gasteiger partial charge in [0, 0.05) is 36.1 Å². The minimum Gasteiger partial charge on any atom is -0.357 e. The van der Waals surface area contributed by atoms with E-state index in [4.69, 9.17) is 4.99 Å². The number of guanidine groups is 1. The molecular formula is C18H34IN5S. The Labute approximate surface area is 174 Å². The van der Waals surface area contributed by atoms with Crippen molar-refractivity contribution in [1.82, 2.24) is 20.4 Å². The van der Waals surface area contributed by atoms with Gasteiger partial charge in [-0.2, -0.15) is 16.9 Å². The molecule has 2 rings (SSSR count). The molecule has 0 aliphatic heterocycles. The molecule has 1 aliphatic carbocycles. The average Bonchev–Trinajstić information content (AvgIpc) is 3.16. The molecular weight excluding hydrogens is 445 g/mol. The summed E-state index contributed by atoms with van der Waals surface area (Å²) >= 11 is 1.99. The number of thioether (sulfide) groups is 1. The van der Waals surface area contributed by atoms with Gasteiger partial charge in [0.2, 0.25) is 0 Å². The predicted octanol–water partition coefficient (Wildman–Crippen LogP) is 3.50. The van der Waals surface area contributed by atoms with Gasteiger partial charge in [-0.3, -0.25) is 4.68 Å². The van der Waals surface area contributed by atoms with Crippen molar-refractivity contribution < 1.29 is 0 Å². The normalized spacial score (nSPS) is 20.4. The average molecular weight is 479 g/mol. The molecule has 2 unspecified atom stereocenters. The number of aromatic nitrogens is 2. The van der Waals surface area contributed by atoms with E-state index in [2.05, 4.69) is 42.8 Å². The van der Waals surface area contributed by atoms with Gasteiger partial charge in [0.1, 0.15) is 0 Å². The number of hydrogen-bond acceptors (Lipinski definition) is 3. The third kappa shape index (κ3) is 6.05. The van der Waals surface area contributed by atoms with E-state index in [1.807, 2.05) is 23.5 Å². The summed E-state index contributed by atoms with van der Waals surface area (Å²) in [6.07, 6.45) is 7.95. The van der Waals surface area contributed by atoms with Crippen molar-refractivity contribution in [3.63, 3.8) is 0 Å². The smallest absolute Gasteiger partial charge is 0.191 e. The molecule has 0 bridgehead atoms. The number of hydrogen-bond donors (Lipinski definition) is 2. The molecule has 1 aromatic rings. The summed E-state index contributed by atoms with van der Waals surface area (Å²) in [6, 6.07) is 0.547. The Balaban J connectivity index is 0.00000312. The van der Waals surface area contributed by atoms with Gasteiger partial charge in [-0.15, -0.1) is 24.0 Å². The van der Waals surface area contributed by atoms with E-state index < -0.39 is 0 Å². The fraction of sp³-hybridized carbons (Fsp3) is 0.778. The van der Waals surface area contributed by atoms with Crippen molar-refractivity contribution in [1.29, 1.82) is 0 Å². The van der Waals surface area contributed by atoms with Crippen molar-refractivity contribution in [2.75, 3.05) is 12.8 Å². The van der Waals surface area contributed by atoms with Crippen molar-refractivity contribution in [2.45, 2.75) is 70.7 Å². The van der Waals surface area contributed by atoms with Gasteiger partial charge in [0.15, 0.2) is 5.96 Å². The number of aliphatic imine (C=N–C) groups is 1. The van der Waals surface area contributed by atoms with Crippen molar-refractivity contribution in [3.05, 3.63) is 17.0 Å². The second-order valence-corrected chi connectivity index (χ2v) is 7.55. The van der Waals surface area contributed by atoms with Gasteiger partial charge in [0.25, 0.3) is 0 Å². The predicted molar refractivity (Wildman–Crippen MR) is 120 cm³/mol. The lowest BCUT2D eigenvalue weighted by atomic mass is 10.1. The summed E-state index contributed by atoms with van der Waals surface area (Å²) in [5.74, 6) is 0.942. The zero-order valence-electron chi connectivity index (χ0n) is 16.3. The van der Waals surface area contributed by atoms with Crippen molar-refractivity contribution in [2.24, 2.45) is 12.0 Å². The number of nitrogens with zero attached hydrogens (tertiary/aromatic N) is 3. The van der Waals surface area contributed by atoms with E-state index in [9.17, 15) is 0 Å². The number of rotatable bonds is 7. The molecule has 0 radical (unpaired) electrons. The highest BCUT2D eigenvalue weighted by molar-refractivity contribution is 14.0. The van der Waals surface area contributed by atoms with E-state index in [1.165, 1.54) is 36.2 Å². The van der Waals surface area contributed by atoms with Gasteiger partial charge in [-0.25, -0.2) is 4.99 Å². The summed E-state index contributed by atoms with van der Waals surface area (Å²) in [7, 11) is 2.04. The minimum absolute atomic E-state index is 0. The quantitative estimate of drug-likeness (QED) is 0.357. The first-order valence-electron chi connectivity index (χ1n) is 9.24. The Hall–Kier alpha value is -0.440. The first-order chi connectivity index (χ1) is 11.6. The largest absolute Gasteiger partial charge is 0.357 e. The van der Waals surface area contributed by atoms with E-state index in [-0.39, 0.29) is 24.0 Å². The molecule has 0 amide bonds. The molecule has 1 saturated carbocycles. The summed E-state index contributed by atoms with van der Waals surface area (Å²) in [5, 5.41) is 12.5. The molecule has 1 heterocycles. The van der Waals surface area contributed by atoms with E-state index >= 15 is 0 Å². The molecule has 7 heteroatoms. The SMILES string of the molecule is CCNC(=NCc1c(CC)nn(C)c1CC)NC1CCC(SC)C1.I. The van der Waals surface area contributed by atoms with Crippen LogP contribution in [0.15, 0.2) is 4.99 Å². The molecule has 1 aliphatic rings. The molecule has 0 saturated heterocycles. The second-order valence-electron chi connectivity index (χ2n) is 6.41.